The number of carbonyl (C=O) groups excluding carboxylic acids is 4. The molecule has 7 N–H and O–H groups in total. The molecule has 4 aliphatic carbocycles. The molecule has 0 spiro atoms. The number of hydrogen-bond acceptors (Lipinski definition) is 7. The first-order chi connectivity index (χ1) is 26.3. The van der Waals surface area contributed by atoms with E-state index in [4.69, 9.17) is 16.6 Å². The molecule has 2 aromatic carbocycles. The van der Waals surface area contributed by atoms with Crippen LogP contribution in [-0.2, 0) is 47.6 Å². The van der Waals surface area contributed by atoms with Crippen molar-refractivity contribution in [2.45, 2.75) is 148 Å². The fourth-order valence-corrected chi connectivity index (χ4v) is 11.8. The van der Waals surface area contributed by atoms with E-state index in [1.807, 2.05) is 31.2 Å². The minimum Gasteiger partial charge on any atom is -0.481 e. The average Bonchev–Trinajstić information content (AvgIpc) is 3.15. The number of rotatable bonds is 10. The van der Waals surface area contributed by atoms with Gasteiger partial charge in [0.1, 0.15) is 6.04 Å². The Morgan fingerprint density at radius 1 is 0.857 bits per heavy atom. The van der Waals surface area contributed by atoms with Crippen molar-refractivity contribution in [2.24, 2.45) is 27.9 Å². The molecule has 11 nitrogen and oxygen atoms in total. The summed E-state index contributed by atoms with van der Waals surface area (Å²) >= 11 is 0. The number of carboxylic acid groups (broad SMARTS) is 1. The normalized spacial score (nSPS) is 31.6. The van der Waals surface area contributed by atoms with Crippen molar-refractivity contribution in [3.8, 4) is 0 Å². The van der Waals surface area contributed by atoms with E-state index in [1.54, 1.807) is 11.8 Å². The lowest BCUT2D eigenvalue weighted by Gasteiger charge is -2.63. The predicted molar refractivity (Wildman–Crippen MR) is 218 cm³/mol. The molecule has 2 fully saturated rings. The highest BCUT2D eigenvalue weighted by molar-refractivity contribution is 6.01. The molecule has 0 bridgehead atoms. The van der Waals surface area contributed by atoms with Crippen LogP contribution in [0.4, 0.5) is 11.4 Å². The highest BCUT2D eigenvalue weighted by Gasteiger charge is 2.65. The molecule has 4 amide bonds. The van der Waals surface area contributed by atoms with Crippen LogP contribution in [0.25, 0.3) is 0 Å². The molecule has 4 aliphatic rings. The number of aryl methyl sites for hydroxylation is 2. The zero-order chi connectivity index (χ0) is 41.0. The molecule has 0 unspecified atom stereocenters. The maximum Gasteiger partial charge on any atom is 0.303 e. The molecule has 0 saturated heterocycles. The van der Waals surface area contributed by atoms with Crippen molar-refractivity contribution >= 4 is 41.0 Å². The Morgan fingerprint density at radius 2 is 1.54 bits per heavy atom. The summed E-state index contributed by atoms with van der Waals surface area (Å²) in [6, 6.07) is 10.2. The Morgan fingerprint density at radius 3 is 2.23 bits per heavy atom. The van der Waals surface area contributed by atoms with Crippen molar-refractivity contribution in [1.29, 1.82) is 0 Å². The molecule has 6 rings (SSSR count). The molecule has 304 valence electrons. The van der Waals surface area contributed by atoms with E-state index in [9.17, 15) is 14.4 Å². The average molecular weight is 770 g/mol. The Hall–Kier alpha value is -4.25. The van der Waals surface area contributed by atoms with Crippen LogP contribution in [0, 0.1) is 22.2 Å². The number of nitrogens with one attached hydrogen (secondary N) is 2. The van der Waals surface area contributed by atoms with E-state index < -0.39 is 51.5 Å². The maximum atomic E-state index is 15.3. The second kappa shape index (κ2) is 14.9. The number of aliphatic carboxylic acids is 1. The summed E-state index contributed by atoms with van der Waals surface area (Å²) in [6.07, 6.45) is 8.07. The van der Waals surface area contributed by atoms with Gasteiger partial charge in [0.2, 0.25) is 23.6 Å². The molecule has 2 aromatic rings. The highest BCUT2D eigenvalue weighted by Crippen LogP contribution is 2.66. The van der Waals surface area contributed by atoms with Crippen molar-refractivity contribution < 1.29 is 29.1 Å². The quantitative estimate of drug-likeness (QED) is 0.136. The van der Waals surface area contributed by atoms with E-state index in [0.29, 0.717) is 18.7 Å². The van der Waals surface area contributed by atoms with Crippen LogP contribution in [0.1, 0.15) is 135 Å². The number of amides is 4. The van der Waals surface area contributed by atoms with Crippen LogP contribution in [0.15, 0.2) is 36.4 Å². The molecule has 56 heavy (non-hydrogen) atoms. The molecular formula is C45H63N5O6. The number of nitrogens with zero attached hydrogens (tertiary/aromatic N) is 1. The molecule has 2 saturated carbocycles. The summed E-state index contributed by atoms with van der Waals surface area (Å²) in [7, 11) is 0. The Labute approximate surface area is 332 Å². The van der Waals surface area contributed by atoms with Crippen LogP contribution >= 0.6 is 0 Å². The molecule has 0 radical (unpaired) electrons. The number of anilines is 2. The van der Waals surface area contributed by atoms with Crippen LogP contribution in [0.5, 0.6) is 0 Å². The first-order valence-electron chi connectivity index (χ1n) is 20.7. The molecule has 0 aromatic heterocycles. The number of benzene rings is 2. The Bertz CT molecular complexity index is 1930. The second-order valence-corrected chi connectivity index (χ2v) is 18.5. The van der Waals surface area contributed by atoms with E-state index in [-0.39, 0.29) is 36.0 Å². The topological polar surface area (TPSA) is 185 Å². The summed E-state index contributed by atoms with van der Waals surface area (Å²) in [5, 5.41) is 14.5. The minimum atomic E-state index is -1.05. The number of nitrogens with two attached hydrogens (primary N) is 2. The van der Waals surface area contributed by atoms with E-state index in [1.165, 1.54) is 16.7 Å². The van der Waals surface area contributed by atoms with E-state index in [2.05, 4.69) is 57.4 Å². The summed E-state index contributed by atoms with van der Waals surface area (Å²) in [4.78, 5) is 68.8. The standard InChI is InChI=1S/C45H63N5O6/c1-8-50(39(55)42(4)21-9-20-41(3)32-25-30(46)14-11-28(32)13-17-35(41)42)40(56)44(6)23-10-22-43(5)33-26-31(15-12-29(33)19-24-45(43,44)7)49-37(53)27(2)48-38(54)34(47)16-18-36(51)52/h11-12,14-15,25-27,34-35H,8-10,13,16-24,46-47H2,1-7H3,(H,48,54)(H,49,53)(H,51,52)/t27-,34-,35+,41+,42-,43+,44+,45+/m0/s1. The second-order valence-electron chi connectivity index (χ2n) is 18.5. The highest BCUT2D eigenvalue weighted by atomic mass is 16.4. The number of imide groups is 1. The largest absolute Gasteiger partial charge is 0.481 e. The number of nitrogen functional groups attached to an aromatic ring is 1. The van der Waals surface area contributed by atoms with Crippen molar-refractivity contribution in [3.63, 3.8) is 0 Å². The molecule has 11 heteroatoms. The van der Waals surface area contributed by atoms with Gasteiger partial charge in [-0.15, -0.1) is 0 Å². The van der Waals surface area contributed by atoms with Crippen LogP contribution < -0.4 is 22.1 Å². The zero-order valence-electron chi connectivity index (χ0n) is 34.5. The fourth-order valence-electron chi connectivity index (χ4n) is 11.8. The summed E-state index contributed by atoms with van der Waals surface area (Å²) in [5.74, 6) is -2.09. The van der Waals surface area contributed by atoms with Crippen molar-refractivity contribution in [2.75, 3.05) is 17.6 Å². The number of fused-ring (bicyclic) bond motifs is 6. The maximum absolute atomic E-state index is 15.3. The fraction of sp³-hybridized carbons (Fsp3) is 0.622. The van der Waals surface area contributed by atoms with E-state index in [0.717, 1.165) is 69.0 Å². The van der Waals surface area contributed by atoms with Gasteiger partial charge in [-0.2, -0.15) is 0 Å². The van der Waals surface area contributed by atoms with Gasteiger partial charge in [0.15, 0.2) is 0 Å². The number of carboxylic acids is 1. The van der Waals surface area contributed by atoms with Gasteiger partial charge >= 0.3 is 5.97 Å². The summed E-state index contributed by atoms with van der Waals surface area (Å²) in [5.41, 5.74) is 15.7. The monoisotopic (exact) mass is 769 g/mol. The van der Waals surface area contributed by atoms with Gasteiger partial charge in [-0.25, -0.2) is 0 Å². The summed E-state index contributed by atoms with van der Waals surface area (Å²) in [6.45, 7) is 14.8. The third kappa shape index (κ3) is 6.61. The van der Waals surface area contributed by atoms with Crippen molar-refractivity contribution in [1.82, 2.24) is 10.2 Å². The molecule has 0 aliphatic heterocycles. The lowest BCUT2D eigenvalue weighted by atomic mass is 9.41. The smallest absolute Gasteiger partial charge is 0.303 e. The van der Waals surface area contributed by atoms with Gasteiger partial charge in [0, 0.05) is 24.3 Å². The molecular weight excluding hydrogens is 707 g/mol. The molecule has 0 heterocycles. The first-order valence-corrected chi connectivity index (χ1v) is 20.7. The number of hydrogen-bond donors (Lipinski definition) is 5. The lowest BCUT2D eigenvalue weighted by molar-refractivity contribution is -0.173. The Kier molecular flexibility index (Phi) is 11.0. The van der Waals surface area contributed by atoms with Crippen LogP contribution in [0.3, 0.4) is 0 Å². The van der Waals surface area contributed by atoms with Gasteiger partial charge in [0.05, 0.1) is 16.9 Å². The molecule has 8 atom stereocenters. The minimum absolute atomic E-state index is 0.0342. The summed E-state index contributed by atoms with van der Waals surface area (Å²) < 4.78 is 0. The van der Waals surface area contributed by atoms with Gasteiger partial charge in [-0.1, -0.05) is 59.6 Å². The van der Waals surface area contributed by atoms with Gasteiger partial charge in [-0.3, -0.25) is 28.9 Å². The first kappa shape index (κ1) is 41.4. The SMILES string of the molecule is CCN(C(=O)[C@@]1(C)CCC[C@]2(C)c3cc(N)ccc3CC[C@@H]12)C(=O)[C@@]1(C)CCC[C@]2(C)c3cc(NC(=O)[C@H](C)NC(=O)[C@@H](N)CCC(=O)O)ccc3CC[C@@]12C. The van der Waals surface area contributed by atoms with E-state index >= 15 is 9.59 Å². The Balaban J connectivity index is 1.25. The predicted octanol–water partition coefficient (Wildman–Crippen LogP) is 6.39. The third-order valence-electron chi connectivity index (χ3n) is 15.6. The lowest BCUT2D eigenvalue weighted by Crippen LogP contribution is -2.65. The number of carbonyl (C=O) groups is 5. The van der Waals surface area contributed by atoms with Crippen LogP contribution in [-0.4, -0.2) is 58.2 Å². The van der Waals surface area contributed by atoms with Gasteiger partial charge < -0.3 is 27.2 Å². The van der Waals surface area contributed by atoms with Gasteiger partial charge in [0.25, 0.3) is 0 Å². The third-order valence-corrected chi connectivity index (χ3v) is 15.6. The van der Waals surface area contributed by atoms with Gasteiger partial charge in [-0.05, 0) is 140 Å². The van der Waals surface area contributed by atoms with Crippen LogP contribution in [0.2, 0.25) is 0 Å². The van der Waals surface area contributed by atoms with Crippen molar-refractivity contribution in [3.05, 3.63) is 58.7 Å². The zero-order valence-corrected chi connectivity index (χ0v) is 34.5.